The fraction of sp³-hybridized carbons (Fsp3) is 0.250. The standard InChI is InChI=1S/C16H15BrFNO2/c1-20-10-3-5-15-12(7-10)14(19)8-16(21-15)11-4-2-9(17)6-13(11)18/h2-7,14,16H,8,19H2,1H3. The second-order valence-electron chi connectivity index (χ2n) is 5.02. The molecule has 1 heterocycles. The SMILES string of the molecule is COc1ccc2c(c1)C(N)CC(c1ccc(Br)cc1F)O2. The first-order chi connectivity index (χ1) is 10.1. The van der Waals surface area contributed by atoms with Gasteiger partial charge in [0.05, 0.1) is 7.11 Å². The first kappa shape index (κ1) is 14.4. The molecule has 0 radical (unpaired) electrons. The minimum atomic E-state index is -0.381. The lowest BCUT2D eigenvalue weighted by Crippen LogP contribution is -2.24. The van der Waals surface area contributed by atoms with Crippen LogP contribution >= 0.6 is 15.9 Å². The van der Waals surface area contributed by atoms with Crippen LogP contribution in [0.3, 0.4) is 0 Å². The van der Waals surface area contributed by atoms with Crippen molar-refractivity contribution in [1.29, 1.82) is 0 Å². The van der Waals surface area contributed by atoms with E-state index in [1.54, 1.807) is 19.2 Å². The van der Waals surface area contributed by atoms with Gasteiger partial charge in [-0.1, -0.05) is 22.0 Å². The fourth-order valence-corrected chi connectivity index (χ4v) is 2.90. The van der Waals surface area contributed by atoms with Gasteiger partial charge >= 0.3 is 0 Å². The molecule has 21 heavy (non-hydrogen) atoms. The van der Waals surface area contributed by atoms with Crippen molar-refractivity contribution in [2.75, 3.05) is 7.11 Å². The molecule has 1 aliphatic heterocycles. The van der Waals surface area contributed by atoms with Crippen molar-refractivity contribution in [3.8, 4) is 11.5 Å². The van der Waals surface area contributed by atoms with Crippen LogP contribution in [0.25, 0.3) is 0 Å². The zero-order valence-corrected chi connectivity index (χ0v) is 13.1. The summed E-state index contributed by atoms with van der Waals surface area (Å²) in [5.74, 6) is 1.13. The monoisotopic (exact) mass is 351 g/mol. The van der Waals surface area contributed by atoms with Crippen molar-refractivity contribution in [2.45, 2.75) is 18.6 Å². The molecule has 0 aliphatic carbocycles. The molecule has 0 bridgehead atoms. The van der Waals surface area contributed by atoms with E-state index in [-0.39, 0.29) is 18.0 Å². The minimum Gasteiger partial charge on any atom is -0.497 e. The maximum Gasteiger partial charge on any atom is 0.131 e. The van der Waals surface area contributed by atoms with E-state index >= 15 is 0 Å². The maximum absolute atomic E-state index is 14.1. The molecule has 2 N–H and O–H groups in total. The van der Waals surface area contributed by atoms with E-state index in [9.17, 15) is 4.39 Å². The molecule has 0 saturated heterocycles. The molecule has 0 aromatic heterocycles. The van der Waals surface area contributed by atoms with Gasteiger partial charge in [-0.15, -0.1) is 0 Å². The highest BCUT2D eigenvalue weighted by Crippen LogP contribution is 2.41. The van der Waals surface area contributed by atoms with Crippen LogP contribution in [0.2, 0.25) is 0 Å². The molecule has 2 atom stereocenters. The molecule has 0 fully saturated rings. The van der Waals surface area contributed by atoms with Crippen LogP contribution in [0.4, 0.5) is 4.39 Å². The van der Waals surface area contributed by atoms with E-state index in [1.807, 2.05) is 18.2 Å². The van der Waals surface area contributed by atoms with Gasteiger partial charge in [0.2, 0.25) is 0 Å². The van der Waals surface area contributed by atoms with Gasteiger partial charge in [0.15, 0.2) is 0 Å². The first-order valence-electron chi connectivity index (χ1n) is 6.63. The van der Waals surface area contributed by atoms with Crippen LogP contribution < -0.4 is 15.2 Å². The number of rotatable bonds is 2. The number of hydrogen-bond donors (Lipinski definition) is 1. The first-order valence-corrected chi connectivity index (χ1v) is 7.43. The molecule has 110 valence electrons. The molecular weight excluding hydrogens is 337 g/mol. The van der Waals surface area contributed by atoms with Crippen molar-refractivity contribution in [3.05, 3.63) is 57.8 Å². The quantitative estimate of drug-likeness (QED) is 0.884. The molecule has 0 amide bonds. The van der Waals surface area contributed by atoms with E-state index in [1.165, 1.54) is 6.07 Å². The summed E-state index contributed by atoms with van der Waals surface area (Å²) in [5, 5.41) is 0. The Hall–Kier alpha value is -1.59. The fourth-order valence-electron chi connectivity index (χ4n) is 2.56. The second-order valence-corrected chi connectivity index (χ2v) is 5.93. The number of benzene rings is 2. The van der Waals surface area contributed by atoms with Gasteiger partial charge in [-0.3, -0.25) is 0 Å². The molecule has 3 rings (SSSR count). The number of fused-ring (bicyclic) bond motifs is 1. The van der Waals surface area contributed by atoms with Crippen molar-refractivity contribution in [1.82, 2.24) is 0 Å². The largest absolute Gasteiger partial charge is 0.497 e. The minimum absolute atomic E-state index is 0.211. The summed E-state index contributed by atoms with van der Waals surface area (Å²) < 4.78 is 25.9. The Morgan fingerprint density at radius 2 is 2.05 bits per heavy atom. The Kier molecular flexibility index (Phi) is 3.87. The average Bonchev–Trinajstić information content (AvgIpc) is 2.47. The van der Waals surface area contributed by atoms with Crippen LogP contribution in [-0.4, -0.2) is 7.11 Å². The molecular formula is C16H15BrFNO2. The summed E-state index contributed by atoms with van der Waals surface area (Å²) in [6.07, 6.45) is 0.146. The highest BCUT2D eigenvalue weighted by atomic mass is 79.9. The van der Waals surface area contributed by atoms with Gasteiger partial charge in [0.25, 0.3) is 0 Å². The van der Waals surface area contributed by atoms with Gasteiger partial charge in [-0.05, 0) is 30.3 Å². The van der Waals surface area contributed by atoms with Gasteiger partial charge in [-0.2, -0.15) is 0 Å². The molecule has 0 spiro atoms. The Morgan fingerprint density at radius 3 is 2.76 bits per heavy atom. The van der Waals surface area contributed by atoms with Gasteiger partial charge in [0, 0.05) is 28.1 Å². The van der Waals surface area contributed by atoms with Crippen molar-refractivity contribution < 1.29 is 13.9 Å². The molecule has 2 unspecified atom stereocenters. The van der Waals surface area contributed by atoms with Gasteiger partial charge < -0.3 is 15.2 Å². The molecule has 5 heteroatoms. The third-order valence-corrected chi connectivity index (χ3v) is 4.16. The predicted octanol–water partition coefficient (Wildman–Crippen LogP) is 4.12. The smallest absolute Gasteiger partial charge is 0.131 e. The highest BCUT2D eigenvalue weighted by molar-refractivity contribution is 9.10. The van der Waals surface area contributed by atoms with Crippen molar-refractivity contribution in [2.24, 2.45) is 5.73 Å². The third kappa shape index (κ3) is 2.76. The molecule has 3 nitrogen and oxygen atoms in total. The highest BCUT2D eigenvalue weighted by Gasteiger charge is 2.29. The van der Waals surface area contributed by atoms with Crippen LogP contribution in [-0.2, 0) is 0 Å². The number of ether oxygens (including phenoxy) is 2. The molecule has 2 aromatic carbocycles. The summed E-state index contributed by atoms with van der Waals surface area (Å²) in [5.41, 5.74) is 7.63. The Balaban J connectivity index is 1.94. The zero-order valence-electron chi connectivity index (χ0n) is 11.5. The molecule has 1 aliphatic rings. The second kappa shape index (κ2) is 5.66. The lowest BCUT2D eigenvalue weighted by atomic mass is 9.93. The summed E-state index contributed by atoms with van der Waals surface area (Å²) in [6.45, 7) is 0. The van der Waals surface area contributed by atoms with Crippen LogP contribution in [0.1, 0.15) is 29.7 Å². The lowest BCUT2D eigenvalue weighted by molar-refractivity contribution is 0.157. The molecule has 2 aromatic rings. The van der Waals surface area contributed by atoms with Gasteiger partial charge in [0.1, 0.15) is 23.4 Å². The average molecular weight is 352 g/mol. The zero-order chi connectivity index (χ0) is 15.0. The van der Waals surface area contributed by atoms with E-state index in [2.05, 4.69) is 15.9 Å². The number of hydrogen-bond acceptors (Lipinski definition) is 3. The van der Waals surface area contributed by atoms with Crippen LogP contribution in [0.15, 0.2) is 40.9 Å². The van der Waals surface area contributed by atoms with E-state index in [0.29, 0.717) is 22.2 Å². The van der Waals surface area contributed by atoms with Crippen LogP contribution in [0, 0.1) is 5.82 Å². The van der Waals surface area contributed by atoms with Gasteiger partial charge in [-0.25, -0.2) is 4.39 Å². The van der Waals surface area contributed by atoms with Crippen LogP contribution in [0.5, 0.6) is 11.5 Å². The van der Waals surface area contributed by atoms with Crippen molar-refractivity contribution in [3.63, 3.8) is 0 Å². The predicted molar refractivity (Wildman–Crippen MR) is 82.0 cm³/mol. The number of methoxy groups -OCH3 is 1. The van der Waals surface area contributed by atoms with Crippen molar-refractivity contribution >= 4 is 15.9 Å². The molecule has 0 saturated carbocycles. The lowest BCUT2D eigenvalue weighted by Gasteiger charge is -2.31. The van der Waals surface area contributed by atoms with E-state index in [0.717, 1.165) is 11.3 Å². The van der Waals surface area contributed by atoms with E-state index < -0.39 is 0 Å². The Morgan fingerprint density at radius 1 is 1.24 bits per heavy atom. The Bertz CT molecular complexity index is 677. The third-order valence-electron chi connectivity index (χ3n) is 3.66. The number of halogens is 2. The Labute approximate surface area is 131 Å². The summed E-state index contributed by atoms with van der Waals surface area (Å²) in [4.78, 5) is 0. The summed E-state index contributed by atoms with van der Waals surface area (Å²) in [6, 6.07) is 10.3. The maximum atomic E-state index is 14.1. The summed E-state index contributed by atoms with van der Waals surface area (Å²) in [7, 11) is 1.61. The number of nitrogens with two attached hydrogens (primary N) is 1. The summed E-state index contributed by atoms with van der Waals surface area (Å²) >= 11 is 3.25. The van der Waals surface area contributed by atoms with E-state index in [4.69, 9.17) is 15.2 Å². The topological polar surface area (TPSA) is 44.5 Å². The normalized spacial score (nSPS) is 20.6.